The van der Waals surface area contributed by atoms with E-state index in [0.29, 0.717) is 17.1 Å². The first-order valence-corrected chi connectivity index (χ1v) is 10.1. The van der Waals surface area contributed by atoms with E-state index < -0.39 is 17.9 Å². The number of methoxy groups -OCH3 is 2. The second kappa shape index (κ2) is 10.5. The molecule has 1 fully saturated rings. The summed E-state index contributed by atoms with van der Waals surface area (Å²) in [5.41, 5.74) is 6.60. The first-order valence-electron chi connectivity index (χ1n) is 10.1. The summed E-state index contributed by atoms with van der Waals surface area (Å²) in [4.78, 5) is 45.9. The zero-order valence-electron chi connectivity index (χ0n) is 18.3. The van der Waals surface area contributed by atoms with Crippen LogP contribution < -0.4 is 10.5 Å². The molecule has 0 saturated carbocycles. The fourth-order valence-corrected chi connectivity index (χ4v) is 3.50. The summed E-state index contributed by atoms with van der Waals surface area (Å²) < 4.78 is 15.2. The van der Waals surface area contributed by atoms with E-state index >= 15 is 0 Å². The smallest absolute Gasteiger partial charge is 0.325 e. The van der Waals surface area contributed by atoms with Crippen LogP contribution in [0.4, 0.5) is 0 Å². The van der Waals surface area contributed by atoms with Crippen molar-refractivity contribution >= 4 is 23.7 Å². The van der Waals surface area contributed by atoms with Crippen LogP contribution in [0.2, 0.25) is 0 Å². The molecule has 174 valence electrons. The Kier molecular flexibility index (Phi) is 7.54. The van der Waals surface area contributed by atoms with Crippen LogP contribution in [0.25, 0.3) is 11.4 Å². The summed E-state index contributed by atoms with van der Waals surface area (Å²) >= 11 is 0. The van der Waals surface area contributed by atoms with Gasteiger partial charge in [-0.05, 0) is 24.3 Å². The van der Waals surface area contributed by atoms with Gasteiger partial charge in [-0.2, -0.15) is 0 Å². The molecule has 2 aromatic rings. The molecule has 11 heteroatoms. The largest absolute Gasteiger partial charge is 0.493 e. The third-order valence-electron chi connectivity index (χ3n) is 5.35. The predicted octanol–water partition coefficient (Wildman–Crippen LogP) is 0.617. The number of esters is 2. The lowest BCUT2D eigenvalue weighted by atomic mass is 9.93. The number of amides is 1. The van der Waals surface area contributed by atoms with E-state index in [4.69, 9.17) is 20.6 Å². The fraction of sp³-hybridized carbons (Fsp3) is 0.364. The van der Waals surface area contributed by atoms with E-state index in [0.717, 1.165) is 5.56 Å². The Bertz CT molecular complexity index is 1020. The van der Waals surface area contributed by atoms with Gasteiger partial charge in [0.15, 0.2) is 5.82 Å². The Labute approximate surface area is 190 Å². The summed E-state index contributed by atoms with van der Waals surface area (Å²) in [5.74, 6) is -1.35. The maximum atomic E-state index is 12.7. The van der Waals surface area contributed by atoms with E-state index in [1.165, 1.54) is 31.5 Å². The monoisotopic (exact) mass is 455 g/mol. The number of amidine groups is 1. The quantitative estimate of drug-likeness (QED) is 0.314. The van der Waals surface area contributed by atoms with Crippen LogP contribution in [0, 0.1) is 17.2 Å². The van der Waals surface area contributed by atoms with E-state index in [1.807, 2.05) is 0 Å². The fourth-order valence-electron chi connectivity index (χ4n) is 3.50. The molecule has 0 bridgehead atoms. The molecule has 33 heavy (non-hydrogen) atoms. The van der Waals surface area contributed by atoms with E-state index in [-0.39, 0.29) is 43.8 Å². The maximum absolute atomic E-state index is 12.7. The summed E-state index contributed by atoms with van der Waals surface area (Å²) in [5, 5.41) is 7.39. The van der Waals surface area contributed by atoms with Gasteiger partial charge >= 0.3 is 11.9 Å². The van der Waals surface area contributed by atoms with Crippen LogP contribution in [0.3, 0.4) is 0 Å². The molecule has 3 rings (SSSR count). The highest BCUT2D eigenvalue weighted by atomic mass is 16.5. The number of carbonyl (C=O) groups is 3. The van der Waals surface area contributed by atoms with Gasteiger partial charge in [-0.3, -0.25) is 19.8 Å². The molecule has 1 aromatic carbocycles. The molecule has 0 radical (unpaired) electrons. The molecule has 1 aliphatic heterocycles. The van der Waals surface area contributed by atoms with Crippen molar-refractivity contribution in [2.75, 3.05) is 33.9 Å². The predicted molar refractivity (Wildman–Crippen MR) is 116 cm³/mol. The minimum absolute atomic E-state index is 0.0897. The number of ether oxygens (including phenoxy) is 3. The van der Waals surface area contributed by atoms with Crippen molar-refractivity contribution in [3.63, 3.8) is 0 Å². The number of hydrogen-bond acceptors (Lipinski definition) is 9. The van der Waals surface area contributed by atoms with Crippen molar-refractivity contribution in [2.24, 2.45) is 17.6 Å². The van der Waals surface area contributed by atoms with Crippen LogP contribution in [0.5, 0.6) is 5.75 Å². The van der Waals surface area contributed by atoms with Crippen LogP contribution in [-0.4, -0.2) is 72.5 Å². The number of benzene rings is 1. The number of nitrogens with zero attached hydrogens (tertiary/aromatic N) is 3. The maximum Gasteiger partial charge on any atom is 0.325 e. The van der Waals surface area contributed by atoms with Crippen molar-refractivity contribution < 1.29 is 28.6 Å². The normalized spacial score (nSPS) is 17.5. The summed E-state index contributed by atoms with van der Waals surface area (Å²) in [6.07, 6.45) is 2.87. The molecule has 1 aromatic heterocycles. The van der Waals surface area contributed by atoms with E-state index in [2.05, 4.69) is 14.7 Å². The Morgan fingerprint density at radius 1 is 1.12 bits per heavy atom. The van der Waals surface area contributed by atoms with Gasteiger partial charge < -0.3 is 24.8 Å². The topological polar surface area (TPSA) is 158 Å². The highest BCUT2D eigenvalue weighted by molar-refractivity contribution is 5.94. The molecular formula is C22H25N5O6. The Morgan fingerprint density at radius 3 is 2.33 bits per heavy atom. The molecule has 2 heterocycles. The molecule has 2 atom stereocenters. The van der Waals surface area contributed by atoms with Gasteiger partial charge in [0.05, 0.1) is 38.7 Å². The zero-order valence-corrected chi connectivity index (χ0v) is 18.3. The molecule has 1 amide bonds. The number of nitrogen functional groups attached to an aromatic ring is 1. The highest BCUT2D eigenvalue weighted by Gasteiger charge is 2.42. The van der Waals surface area contributed by atoms with Crippen molar-refractivity contribution in [3.8, 4) is 17.1 Å². The minimum Gasteiger partial charge on any atom is -0.493 e. The number of aromatic nitrogens is 2. The lowest BCUT2D eigenvalue weighted by molar-refractivity contribution is -0.148. The van der Waals surface area contributed by atoms with Crippen LogP contribution >= 0.6 is 0 Å². The van der Waals surface area contributed by atoms with Crippen molar-refractivity contribution in [2.45, 2.75) is 6.42 Å². The average molecular weight is 455 g/mol. The molecule has 11 nitrogen and oxygen atoms in total. The molecule has 0 aliphatic carbocycles. The summed E-state index contributed by atoms with van der Waals surface area (Å²) in [6, 6.07) is 7.06. The highest BCUT2D eigenvalue weighted by Crippen LogP contribution is 2.29. The van der Waals surface area contributed by atoms with Crippen molar-refractivity contribution in [3.05, 3.63) is 42.2 Å². The molecule has 1 aliphatic rings. The minimum atomic E-state index is -0.644. The van der Waals surface area contributed by atoms with E-state index in [9.17, 15) is 14.4 Å². The molecule has 1 unspecified atom stereocenters. The Morgan fingerprint density at radius 2 is 1.76 bits per heavy atom. The third kappa shape index (κ3) is 5.82. The number of hydrogen-bond donors (Lipinski definition) is 2. The van der Waals surface area contributed by atoms with Crippen LogP contribution in [-0.2, 0) is 23.9 Å². The first-order chi connectivity index (χ1) is 15.8. The van der Waals surface area contributed by atoms with Gasteiger partial charge in [0.1, 0.15) is 18.1 Å². The molecule has 3 N–H and O–H groups in total. The van der Waals surface area contributed by atoms with Crippen molar-refractivity contribution in [1.82, 2.24) is 14.9 Å². The zero-order chi connectivity index (χ0) is 24.0. The second-order valence-corrected chi connectivity index (χ2v) is 7.49. The van der Waals surface area contributed by atoms with Crippen LogP contribution in [0.15, 0.2) is 36.7 Å². The molecular weight excluding hydrogens is 430 g/mol. The standard InChI is InChI=1S/C22H25N5O6/c1-31-18(28)7-17-15(10-27(22(17)30)11-19(29)32-2)12-33-16-5-3-13(4-6-16)21-25-8-14(9-26-21)20(23)24/h3-6,8-9,15,17H,7,10-12H2,1-2H3,(H3,23,24)/t15?,17-/m0/s1. The number of rotatable bonds is 9. The van der Waals surface area contributed by atoms with Gasteiger partial charge in [0.25, 0.3) is 0 Å². The van der Waals surface area contributed by atoms with Crippen LogP contribution in [0.1, 0.15) is 12.0 Å². The third-order valence-corrected chi connectivity index (χ3v) is 5.35. The Hall–Kier alpha value is -4.02. The van der Waals surface area contributed by atoms with Gasteiger partial charge in [-0.1, -0.05) is 0 Å². The van der Waals surface area contributed by atoms with E-state index in [1.54, 1.807) is 24.3 Å². The SMILES string of the molecule is COC(=O)C[C@@H]1C(=O)N(CC(=O)OC)CC1COc1ccc(-c2ncc(C(=N)N)cn2)cc1. The van der Waals surface area contributed by atoms with Gasteiger partial charge in [0, 0.05) is 30.4 Å². The van der Waals surface area contributed by atoms with Gasteiger partial charge in [-0.15, -0.1) is 0 Å². The second-order valence-electron chi connectivity index (χ2n) is 7.49. The van der Waals surface area contributed by atoms with Crippen molar-refractivity contribution in [1.29, 1.82) is 5.41 Å². The number of nitrogens with one attached hydrogen (secondary N) is 1. The van der Waals surface area contributed by atoms with Gasteiger partial charge in [-0.25, -0.2) is 9.97 Å². The lowest BCUT2D eigenvalue weighted by Gasteiger charge is -2.16. The number of nitrogens with two attached hydrogens (primary N) is 1. The first kappa shape index (κ1) is 23.6. The summed E-state index contributed by atoms with van der Waals surface area (Å²) in [7, 11) is 2.51. The average Bonchev–Trinajstić information content (AvgIpc) is 3.11. The Balaban J connectivity index is 1.66. The molecule has 1 saturated heterocycles. The number of likely N-dealkylation sites (tertiary alicyclic amines) is 1. The molecule has 0 spiro atoms. The lowest BCUT2D eigenvalue weighted by Crippen LogP contribution is -2.33. The number of carbonyl (C=O) groups excluding carboxylic acids is 3. The van der Waals surface area contributed by atoms with Gasteiger partial charge in [0.2, 0.25) is 5.91 Å². The summed E-state index contributed by atoms with van der Waals surface area (Å²) in [6.45, 7) is 0.263.